The van der Waals surface area contributed by atoms with Gasteiger partial charge in [0.2, 0.25) is 0 Å². The van der Waals surface area contributed by atoms with E-state index in [4.69, 9.17) is 14.8 Å². The molecule has 1 aliphatic heterocycles. The Morgan fingerprint density at radius 2 is 1.70 bits per heavy atom. The number of thioether (sulfide) groups is 1. The molecule has 3 heterocycles. The van der Waals surface area contributed by atoms with Gasteiger partial charge in [-0.3, -0.25) is 9.36 Å². The highest BCUT2D eigenvalue weighted by Gasteiger charge is 2.33. The summed E-state index contributed by atoms with van der Waals surface area (Å²) in [5, 5.41) is 4.93. The van der Waals surface area contributed by atoms with Crippen molar-refractivity contribution in [2.24, 2.45) is 4.99 Å². The van der Waals surface area contributed by atoms with Crippen molar-refractivity contribution in [3.8, 4) is 16.9 Å². The zero-order chi connectivity index (χ0) is 31.0. The van der Waals surface area contributed by atoms with Crippen molar-refractivity contribution in [1.29, 1.82) is 0 Å². The van der Waals surface area contributed by atoms with Crippen molar-refractivity contribution in [2.75, 3.05) is 6.26 Å². The predicted molar refractivity (Wildman–Crippen MR) is 177 cm³/mol. The predicted octanol–water partition coefficient (Wildman–Crippen LogP) is 6.07. The van der Waals surface area contributed by atoms with Gasteiger partial charge < -0.3 is 4.74 Å². The molecule has 0 saturated heterocycles. The molecule has 0 N–H and O–H groups in total. The van der Waals surface area contributed by atoms with Gasteiger partial charge in [-0.2, -0.15) is 5.10 Å². The number of allylic oxidation sites excluding steroid dienone is 1. The Kier molecular flexibility index (Phi) is 8.25. The Morgan fingerprint density at radius 3 is 2.36 bits per heavy atom. The molecule has 1 unspecified atom stereocenters. The average Bonchev–Trinajstić information content (AvgIpc) is 3.57. The largest absolute Gasteiger partial charge is 0.459 e. The highest BCUT2D eigenvalue weighted by atomic mass is 32.2. The zero-order valence-electron chi connectivity index (χ0n) is 25.1. The number of aryl methyl sites for hydroxylation is 1. The SMILES string of the molecule is CSc1ccc(C2C(C(=O)OC(C)C)=C(C)N=c3sc(=Cc4cn(-c5ccccc5)nc4-c4ccc(C)cc4)c(=O)n32)cc1. The Balaban J connectivity index is 1.55. The van der Waals surface area contributed by atoms with Gasteiger partial charge in [-0.25, -0.2) is 14.5 Å². The highest BCUT2D eigenvalue weighted by molar-refractivity contribution is 7.98. The maximum Gasteiger partial charge on any atom is 0.338 e. The van der Waals surface area contributed by atoms with Crippen LogP contribution >= 0.6 is 23.1 Å². The second-order valence-corrected chi connectivity index (χ2v) is 12.8. The molecule has 2 aromatic heterocycles. The average molecular weight is 621 g/mol. The molecule has 6 rings (SSSR count). The number of esters is 1. The van der Waals surface area contributed by atoms with Gasteiger partial charge in [0, 0.05) is 22.2 Å². The van der Waals surface area contributed by atoms with E-state index in [9.17, 15) is 9.59 Å². The molecule has 44 heavy (non-hydrogen) atoms. The number of benzene rings is 3. The highest BCUT2D eigenvalue weighted by Crippen LogP contribution is 2.32. The van der Waals surface area contributed by atoms with Gasteiger partial charge in [0.15, 0.2) is 4.80 Å². The molecule has 9 heteroatoms. The van der Waals surface area contributed by atoms with Crippen LogP contribution in [0.2, 0.25) is 0 Å². The smallest absolute Gasteiger partial charge is 0.338 e. The summed E-state index contributed by atoms with van der Waals surface area (Å²) < 4.78 is 9.60. The molecule has 1 atom stereocenters. The summed E-state index contributed by atoms with van der Waals surface area (Å²) in [7, 11) is 0. The van der Waals surface area contributed by atoms with Crippen LogP contribution in [-0.2, 0) is 9.53 Å². The van der Waals surface area contributed by atoms with Crippen molar-refractivity contribution in [2.45, 2.75) is 44.7 Å². The zero-order valence-corrected chi connectivity index (χ0v) is 26.8. The van der Waals surface area contributed by atoms with Crippen molar-refractivity contribution >= 4 is 35.1 Å². The second-order valence-electron chi connectivity index (χ2n) is 10.9. The van der Waals surface area contributed by atoms with Crippen LogP contribution in [0.3, 0.4) is 0 Å². The van der Waals surface area contributed by atoms with E-state index in [1.165, 1.54) is 11.3 Å². The van der Waals surface area contributed by atoms with E-state index in [1.807, 2.05) is 111 Å². The number of fused-ring (bicyclic) bond motifs is 1. The van der Waals surface area contributed by atoms with E-state index >= 15 is 0 Å². The van der Waals surface area contributed by atoms with Gasteiger partial charge in [-0.05, 0) is 69.9 Å². The Hall–Kier alpha value is -4.47. The minimum Gasteiger partial charge on any atom is -0.459 e. The standard InChI is InChI=1S/C35H32N4O3S2/c1-21(2)42-34(41)30-23(4)36-35-39(32(30)25-15-17-28(43-5)18-16-25)33(40)29(44-35)19-26-20-38(27-9-7-6-8-10-27)37-31(26)24-13-11-22(3)12-14-24/h6-21,32H,1-5H3. The molecule has 222 valence electrons. The molecular formula is C35H32N4O3S2. The summed E-state index contributed by atoms with van der Waals surface area (Å²) in [6.07, 6.45) is 5.52. The molecule has 5 aromatic rings. The fourth-order valence-electron chi connectivity index (χ4n) is 5.24. The maximum atomic E-state index is 14.3. The monoisotopic (exact) mass is 620 g/mol. The van der Waals surface area contributed by atoms with Gasteiger partial charge >= 0.3 is 5.97 Å². The summed E-state index contributed by atoms with van der Waals surface area (Å²) in [6, 6.07) is 25.3. The van der Waals surface area contributed by atoms with Crippen LogP contribution in [-0.4, -0.2) is 32.7 Å². The van der Waals surface area contributed by atoms with Crippen molar-refractivity contribution < 1.29 is 9.53 Å². The van der Waals surface area contributed by atoms with E-state index in [-0.39, 0.29) is 11.7 Å². The van der Waals surface area contributed by atoms with Crippen LogP contribution in [0.4, 0.5) is 0 Å². The third kappa shape index (κ3) is 5.73. The molecule has 7 nitrogen and oxygen atoms in total. The summed E-state index contributed by atoms with van der Waals surface area (Å²) in [6.45, 7) is 7.47. The second kappa shape index (κ2) is 12.3. The molecule has 0 radical (unpaired) electrons. The normalized spacial score (nSPS) is 15.0. The van der Waals surface area contributed by atoms with Gasteiger partial charge in [0.1, 0.15) is 0 Å². The first-order chi connectivity index (χ1) is 21.2. The Morgan fingerprint density at radius 1 is 1.00 bits per heavy atom. The van der Waals surface area contributed by atoms with E-state index in [2.05, 4.69) is 12.1 Å². The summed E-state index contributed by atoms with van der Waals surface area (Å²) >= 11 is 2.94. The van der Waals surface area contributed by atoms with E-state index in [0.29, 0.717) is 20.6 Å². The molecule has 0 saturated carbocycles. The van der Waals surface area contributed by atoms with Crippen LogP contribution in [0.1, 0.15) is 43.5 Å². The number of para-hydroxylation sites is 1. The lowest BCUT2D eigenvalue weighted by atomic mass is 9.96. The number of ether oxygens (including phenoxy) is 1. The fourth-order valence-corrected chi connectivity index (χ4v) is 6.69. The minimum absolute atomic E-state index is 0.225. The number of rotatable bonds is 7. The number of nitrogens with zero attached hydrogens (tertiary/aromatic N) is 4. The van der Waals surface area contributed by atoms with Gasteiger partial charge in [-0.1, -0.05) is 71.5 Å². The summed E-state index contributed by atoms with van der Waals surface area (Å²) in [4.78, 5) is 34.1. The van der Waals surface area contributed by atoms with E-state index in [1.54, 1.807) is 23.3 Å². The molecule has 0 amide bonds. The van der Waals surface area contributed by atoms with Crippen LogP contribution in [0.5, 0.6) is 0 Å². The lowest BCUT2D eigenvalue weighted by molar-refractivity contribution is -0.143. The van der Waals surface area contributed by atoms with Crippen LogP contribution < -0.4 is 14.9 Å². The topological polar surface area (TPSA) is 78.5 Å². The number of carbonyl (C=O) groups is 1. The van der Waals surface area contributed by atoms with Gasteiger partial charge in [0.25, 0.3) is 5.56 Å². The minimum atomic E-state index is -0.667. The quantitative estimate of drug-likeness (QED) is 0.163. The van der Waals surface area contributed by atoms with Crippen molar-refractivity contribution in [3.63, 3.8) is 0 Å². The lowest BCUT2D eigenvalue weighted by Crippen LogP contribution is -2.40. The lowest BCUT2D eigenvalue weighted by Gasteiger charge is -2.25. The van der Waals surface area contributed by atoms with Gasteiger partial charge in [-0.15, -0.1) is 11.8 Å². The first-order valence-electron chi connectivity index (χ1n) is 14.3. The maximum absolute atomic E-state index is 14.3. The van der Waals surface area contributed by atoms with E-state index in [0.717, 1.165) is 38.5 Å². The molecule has 0 spiro atoms. The molecule has 1 aliphatic rings. The van der Waals surface area contributed by atoms with Crippen LogP contribution in [0.25, 0.3) is 23.0 Å². The molecule has 0 aliphatic carbocycles. The van der Waals surface area contributed by atoms with E-state index < -0.39 is 12.0 Å². The number of thiazole rings is 1. The van der Waals surface area contributed by atoms with Crippen LogP contribution in [0, 0.1) is 6.92 Å². The fraction of sp³-hybridized carbons (Fsp3) is 0.200. The number of carbonyl (C=O) groups excluding carboxylic acids is 1. The third-order valence-electron chi connectivity index (χ3n) is 7.39. The number of hydrogen-bond donors (Lipinski definition) is 0. The number of hydrogen-bond acceptors (Lipinski definition) is 7. The summed E-state index contributed by atoms with van der Waals surface area (Å²) in [5.41, 5.74) is 6.09. The number of aromatic nitrogens is 3. The first-order valence-corrected chi connectivity index (χ1v) is 16.4. The molecule has 3 aromatic carbocycles. The van der Waals surface area contributed by atoms with Crippen LogP contribution in [0.15, 0.2) is 111 Å². The Bertz CT molecular complexity index is 2050. The van der Waals surface area contributed by atoms with Gasteiger partial charge in [0.05, 0.1) is 39.3 Å². The molecule has 0 fully saturated rings. The van der Waals surface area contributed by atoms with Crippen molar-refractivity contribution in [1.82, 2.24) is 14.3 Å². The molecule has 0 bridgehead atoms. The first kappa shape index (κ1) is 29.6. The van der Waals surface area contributed by atoms with Crippen molar-refractivity contribution in [3.05, 3.63) is 133 Å². The Labute approximate surface area is 263 Å². The summed E-state index contributed by atoms with van der Waals surface area (Å²) in [5.74, 6) is -0.472. The molecular weight excluding hydrogens is 589 g/mol. The third-order valence-corrected chi connectivity index (χ3v) is 9.12.